The maximum absolute atomic E-state index is 5.59. The molecule has 3 aliphatic rings. The molecule has 1 aromatic rings. The van der Waals surface area contributed by atoms with E-state index in [4.69, 9.17) is 4.74 Å². The average molecular weight is 132 g/mol. The lowest BCUT2D eigenvalue weighted by Gasteiger charge is -2.20. The van der Waals surface area contributed by atoms with Crippen molar-refractivity contribution >= 4 is 0 Å². The van der Waals surface area contributed by atoms with Crippen molar-refractivity contribution in [2.45, 2.75) is 18.9 Å². The third-order valence-corrected chi connectivity index (χ3v) is 2.42. The second-order valence-electron chi connectivity index (χ2n) is 3.01. The Balaban J connectivity index is 2.40. The number of hydrogen-bond donors (Lipinski definition) is 0. The molecule has 4 bridgehead atoms. The molecule has 0 aromatic heterocycles. The van der Waals surface area contributed by atoms with E-state index in [2.05, 4.69) is 18.2 Å². The Morgan fingerprint density at radius 1 is 1.40 bits per heavy atom. The number of rotatable bonds is 0. The first kappa shape index (κ1) is 4.78. The van der Waals surface area contributed by atoms with E-state index in [9.17, 15) is 0 Å². The Kier molecular flexibility index (Phi) is 0.652. The van der Waals surface area contributed by atoms with Crippen LogP contribution in [0.5, 0.6) is 5.75 Å². The van der Waals surface area contributed by atoms with Gasteiger partial charge in [-0.1, -0.05) is 6.07 Å². The van der Waals surface area contributed by atoms with Crippen LogP contribution in [0.2, 0.25) is 0 Å². The molecule has 2 heterocycles. The van der Waals surface area contributed by atoms with Crippen molar-refractivity contribution in [3.63, 3.8) is 0 Å². The number of fused-ring (bicyclic) bond motifs is 1. The van der Waals surface area contributed by atoms with Gasteiger partial charge in [0.1, 0.15) is 11.9 Å². The molecular formula is C9H8O. The molecule has 2 aliphatic heterocycles. The predicted molar refractivity (Wildman–Crippen MR) is 38.1 cm³/mol. The number of hydrogen-bond acceptors (Lipinski definition) is 1. The first-order valence-corrected chi connectivity index (χ1v) is 3.73. The minimum absolute atomic E-state index is 0.417. The molecule has 10 heavy (non-hydrogen) atoms. The third kappa shape index (κ3) is 0.406. The largest absolute Gasteiger partial charge is 0.486 e. The molecule has 1 aromatic carbocycles. The second kappa shape index (κ2) is 1.36. The fourth-order valence-electron chi connectivity index (χ4n) is 1.91. The molecular weight excluding hydrogens is 124 g/mol. The van der Waals surface area contributed by atoms with Crippen LogP contribution in [0.1, 0.15) is 23.7 Å². The van der Waals surface area contributed by atoms with E-state index in [0.29, 0.717) is 6.10 Å². The van der Waals surface area contributed by atoms with Gasteiger partial charge in [-0.25, -0.2) is 0 Å². The zero-order valence-corrected chi connectivity index (χ0v) is 5.63. The van der Waals surface area contributed by atoms with Crippen molar-refractivity contribution in [2.24, 2.45) is 0 Å². The van der Waals surface area contributed by atoms with E-state index in [0.717, 1.165) is 5.75 Å². The van der Waals surface area contributed by atoms with Crippen molar-refractivity contribution < 1.29 is 4.74 Å². The smallest absolute Gasteiger partial charge is 0.124 e. The summed E-state index contributed by atoms with van der Waals surface area (Å²) >= 11 is 0. The number of benzene rings is 1. The van der Waals surface area contributed by atoms with Crippen molar-refractivity contribution in [1.29, 1.82) is 0 Å². The fourth-order valence-corrected chi connectivity index (χ4v) is 1.91. The van der Waals surface area contributed by atoms with Crippen molar-refractivity contribution in [2.75, 3.05) is 0 Å². The minimum Gasteiger partial charge on any atom is -0.486 e. The van der Waals surface area contributed by atoms with Gasteiger partial charge >= 0.3 is 0 Å². The molecule has 1 heteroatoms. The molecule has 0 saturated heterocycles. The second-order valence-corrected chi connectivity index (χ2v) is 3.01. The monoisotopic (exact) mass is 132 g/mol. The number of ether oxygens (including phenoxy) is 1. The van der Waals surface area contributed by atoms with Crippen LogP contribution in [0, 0.1) is 0 Å². The zero-order chi connectivity index (χ0) is 6.55. The Hall–Kier alpha value is -0.980. The van der Waals surface area contributed by atoms with Gasteiger partial charge in [0.25, 0.3) is 0 Å². The molecule has 50 valence electrons. The summed E-state index contributed by atoms with van der Waals surface area (Å²) in [5, 5.41) is 0. The van der Waals surface area contributed by atoms with Crippen LogP contribution in [0.4, 0.5) is 0 Å². The number of aryl methyl sites for hydroxylation is 1. The highest BCUT2D eigenvalue weighted by Gasteiger charge is 2.28. The van der Waals surface area contributed by atoms with Crippen molar-refractivity contribution in [3.8, 4) is 5.75 Å². The topological polar surface area (TPSA) is 9.23 Å². The normalized spacial score (nSPS) is 25.0. The van der Waals surface area contributed by atoms with E-state index in [1.807, 2.05) is 0 Å². The summed E-state index contributed by atoms with van der Waals surface area (Å²) < 4.78 is 5.59. The van der Waals surface area contributed by atoms with E-state index < -0.39 is 0 Å². The highest BCUT2D eigenvalue weighted by molar-refractivity contribution is 5.44. The molecule has 1 unspecified atom stereocenters. The van der Waals surface area contributed by atoms with Gasteiger partial charge in [-0.2, -0.15) is 0 Å². The summed E-state index contributed by atoms with van der Waals surface area (Å²) in [7, 11) is 0. The molecule has 0 fully saturated rings. The molecule has 1 nitrogen and oxygen atoms in total. The molecule has 0 spiro atoms. The summed E-state index contributed by atoms with van der Waals surface area (Å²) in [6.07, 6.45) is 2.82. The summed E-state index contributed by atoms with van der Waals surface area (Å²) in [6.45, 7) is 0. The molecule has 1 atom stereocenters. The SMILES string of the molecule is c1cc2c3cc1OC2CC3. The summed E-state index contributed by atoms with van der Waals surface area (Å²) in [4.78, 5) is 0. The van der Waals surface area contributed by atoms with E-state index in [1.165, 1.54) is 24.0 Å². The molecule has 1 aliphatic carbocycles. The Morgan fingerprint density at radius 3 is 3.10 bits per heavy atom. The van der Waals surface area contributed by atoms with Crippen molar-refractivity contribution in [3.05, 3.63) is 29.3 Å². The van der Waals surface area contributed by atoms with Crippen LogP contribution in [0.3, 0.4) is 0 Å². The highest BCUT2D eigenvalue weighted by Crippen LogP contribution is 2.41. The summed E-state index contributed by atoms with van der Waals surface area (Å²) in [6, 6.07) is 6.42. The first-order valence-electron chi connectivity index (χ1n) is 3.73. The summed E-state index contributed by atoms with van der Waals surface area (Å²) in [5.41, 5.74) is 2.93. The third-order valence-electron chi connectivity index (χ3n) is 2.42. The lowest BCUT2D eigenvalue weighted by molar-refractivity contribution is 0.202. The molecule has 0 amide bonds. The molecule has 0 saturated carbocycles. The lowest BCUT2D eigenvalue weighted by Crippen LogP contribution is -2.07. The van der Waals surface area contributed by atoms with Crippen molar-refractivity contribution in [1.82, 2.24) is 0 Å². The van der Waals surface area contributed by atoms with Gasteiger partial charge in [0, 0.05) is 0 Å². The van der Waals surface area contributed by atoms with Gasteiger partial charge in [0.2, 0.25) is 0 Å². The maximum Gasteiger partial charge on any atom is 0.124 e. The Labute approximate surface area is 59.6 Å². The van der Waals surface area contributed by atoms with Crippen LogP contribution in [0.25, 0.3) is 0 Å². The van der Waals surface area contributed by atoms with E-state index >= 15 is 0 Å². The predicted octanol–water partition coefficient (Wildman–Crippen LogP) is 2.07. The van der Waals surface area contributed by atoms with Gasteiger partial charge in [-0.05, 0) is 36.1 Å². The minimum atomic E-state index is 0.417. The van der Waals surface area contributed by atoms with Gasteiger partial charge in [-0.15, -0.1) is 0 Å². The van der Waals surface area contributed by atoms with Crippen LogP contribution in [-0.2, 0) is 6.42 Å². The maximum atomic E-state index is 5.59. The Morgan fingerprint density at radius 2 is 2.40 bits per heavy atom. The van der Waals surface area contributed by atoms with Gasteiger partial charge in [0.15, 0.2) is 0 Å². The van der Waals surface area contributed by atoms with Crippen LogP contribution in [0.15, 0.2) is 18.2 Å². The quantitative estimate of drug-likeness (QED) is 0.525. The first-order chi connectivity index (χ1) is 4.93. The molecule has 4 rings (SSSR count). The standard InChI is InChI=1S/C9H8O/c1-4-9-8-3-2-7(10-9)5-6(1)8/h2-3,5,9H,1,4H2. The molecule has 0 radical (unpaired) electrons. The zero-order valence-electron chi connectivity index (χ0n) is 5.63. The van der Waals surface area contributed by atoms with Crippen LogP contribution < -0.4 is 4.74 Å². The van der Waals surface area contributed by atoms with E-state index in [1.54, 1.807) is 0 Å². The lowest BCUT2D eigenvalue weighted by atomic mass is 10.1. The fraction of sp³-hybridized carbons (Fsp3) is 0.333. The Bertz CT molecular complexity index is 291. The summed E-state index contributed by atoms with van der Waals surface area (Å²) in [5.74, 6) is 1.06. The van der Waals surface area contributed by atoms with Gasteiger partial charge in [0.05, 0.1) is 0 Å². The van der Waals surface area contributed by atoms with Crippen LogP contribution in [-0.4, -0.2) is 0 Å². The average Bonchev–Trinajstić information content (AvgIpc) is 2.29. The van der Waals surface area contributed by atoms with Gasteiger partial charge in [-0.3, -0.25) is 0 Å². The van der Waals surface area contributed by atoms with Crippen LogP contribution >= 0.6 is 0 Å². The van der Waals surface area contributed by atoms with E-state index in [-0.39, 0.29) is 0 Å². The highest BCUT2D eigenvalue weighted by atomic mass is 16.5. The van der Waals surface area contributed by atoms with Gasteiger partial charge < -0.3 is 4.74 Å². The molecule has 0 N–H and O–H groups in total.